The van der Waals surface area contributed by atoms with Crippen molar-refractivity contribution in [2.24, 2.45) is 5.92 Å². The normalized spacial score (nSPS) is 14.5. The maximum atomic E-state index is 12.2. The first kappa shape index (κ1) is 18.9. The summed E-state index contributed by atoms with van der Waals surface area (Å²) in [5, 5.41) is 15.3. The van der Waals surface area contributed by atoms with Gasteiger partial charge in [0.15, 0.2) is 6.10 Å². The zero-order valence-corrected chi connectivity index (χ0v) is 15.0. The molecule has 1 aromatic heterocycles. The van der Waals surface area contributed by atoms with Crippen molar-refractivity contribution in [1.29, 1.82) is 5.26 Å². The van der Waals surface area contributed by atoms with Crippen molar-refractivity contribution >= 4 is 28.4 Å². The molecule has 2 N–H and O–H groups in total. The number of carbonyl (C=O) groups is 2. The molecule has 0 aliphatic carbocycles. The Morgan fingerprint density at radius 2 is 2.00 bits per heavy atom. The molecule has 0 saturated heterocycles. The monoisotopic (exact) mass is 338 g/mol. The molecule has 0 saturated carbocycles. The van der Waals surface area contributed by atoms with Crippen LogP contribution in [0.2, 0.25) is 0 Å². The molecule has 1 amide bonds. The quantitative estimate of drug-likeness (QED) is 0.770. The van der Waals surface area contributed by atoms with E-state index in [1.807, 2.05) is 13.8 Å². The summed E-state index contributed by atoms with van der Waals surface area (Å²) < 4.78 is 9.31. The molecule has 0 aliphatic heterocycles. The maximum absolute atomic E-state index is 12.2. The van der Waals surface area contributed by atoms with Crippen LogP contribution in [0.15, 0.2) is 0 Å². The molecule has 0 aliphatic rings. The summed E-state index contributed by atoms with van der Waals surface area (Å²) in [6.45, 7) is 8.47. The first-order valence-electron chi connectivity index (χ1n) is 7.24. The van der Waals surface area contributed by atoms with Crippen LogP contribution < -0.4 is 10.6 Å². The number of esters is 1. The topological polar surface area (TPSA) is 104 Å². The fraction of sp³-hybridized carbons (Fsp3) is 0.600. The largest absolute Gasteiger partial charge is 0.449 e. The molecule has 23 heavy (non-hydrogen) atoms. The second kappa shape index (κ2) is 7.42. The molecule has 0 fully saturated rings. The molecule has 2 atom stereocenters. The van der Waals surface area contributed by atoms with Gasteiger partial charge in [-0.2, -0.15) is 9.64 Å². The number of carbonyl (C=O) groups excluding carboxylic acids is 2. The third kappa shape index (κ3) is 4.20. The molecule has 126 valence electrons. The lowest BCUT2D eigenvalue weighted by Gasteiger charge is -2.28. The molecule has 1 heterocycles. The van der Waals surface area contributed by atoms with Crippen LogP contribution in [0.4, 0.5) is 5.00 Å². The standard InChI is InChI=1S/C15H22N4O3S/c1-8(2)15(5,7-16)18-12(20)10(4)22-14(21)11-9(3)19-23-13(11)17-6/h8,10,17H,1-6H3,(H,18,20)/t10-,15+/m0/s1. The van der Waals surface area contributed by atoms with Crippen molar-refractivity contribution in [3.8, 4) is 6.07 Å². The molecule has 0 bridgehead atoms. The van der Waals surface area contributed by atoms with Gasteiger partial charge in [-0.25, -0.2) is 4.79 Å². The number of aryl methyl sites for hydroxylation is 1. The minimum atomic E-state index is -1.02. The SMILES string of the molecule is CNc1snc(C)c1C(=O)O[C@@H](C)C(=O)N[C@](C)(C#N)C(C)C. The van der Waals surface area contributed by atoms with Crippen LogP contribution in [0.1, 0.15) is 43.7 Å². The van der Waals surface area contributed by atoms with Gasteiger partial charge in [0.2, 0.25) is 0 Å². The molecule has 8 heteroatoms. The predicted molar refractivity (Wildman–Crippen MR) is 88.3 cm³/mol. The Hall–Kier alpha value is -2.14. The minimum absolute atomic E-state index is 0.0847. The van der Waals surface area contributed by atoms with Crippen LogP contribution in [0.25, 0.3) is 0 Å². The second-order valence-corrected chi connectivity index (χ2v) is 6.50. The molecule has 0 aromatic carbocycles. The van der Waals surface area contributed by atoms with Gasteiger partial charge >= 0.3 is 5.97 Å². The molecule has 7 nitrogen and oxygen atoms in total. The van der Waals surface area contributed by atoms with Crippen LogP contribution >= 0.6 is 11.5 Å². The lowest BCUT2D eigenvalue weighted by Crippen LogP contribution is -2.52. The number of hydrogen-bond acceptors (Lipinski definition) is 7. The average molecular weight is 338 g/mol. The van der Waals surface area contributed by atoms with Crippen molar-refractivity contribution in [3.05, 3.63) is 11.3 Å². The van der Waals surface area contributed by atoms with E-state index in [-0.39, 0.29) is 5.92 Å². The van der Waals surface area contributed by atoms with E-state index in [0.29, 0.717) is 16.3 Å². The van der Waals surface area contributed by atoms with Gasteiger partial charge in [0.1, 0.15) is 16.1 Å². The van der Waals surface area contributed by atoms with E-state index in [1.165, 1.54) is 6.92 Å². The number of hydrogen-bond donors (Lipinski definition) is 2. The summed E-state index contributed by atoms with van der Waals surface area (Å²) in [7, 11) is 1.68. The number of rotatable bonds is 6. The van der Waals surface area contributed by atoms with Gasteiger partial charge in [-0.15, -0.1) is 0 Å². The summed E-state index contributed by atoms with van der Waals surface area (Å²) >= 11 is 1.15. The van der Waals surface area contributed by atoms with Crippen LogP contribution in [-0.4, -0.2) is 34.9 Å². The van der Waals surface area contributed by atoms with Crippen LogP contribution in [0, 0.1) is 24.2 Å². The summed E-state index contributed by atoms with van der Waals surface area (Å²) in [5.74, 6) is -1.21. The summed E-state index contributed by atoms with van der Waals surface area (Å²) in [5.41, 5.74) is -0.154. The molecule has 1 rings (SSSR count). The van der Waals surface area contributed by atoms with Gasteiger partial charge in [0.25, 0.3) is 5.91 Å². The zero-order chi connectivity index (χ0) is 17.8. The van der Waals surface area contributed by atoms with Crippen molar-refractivity contribution in [3.63, 3.8) is 0 Å². The highest BCUT2D eigenvalue weighted by molar-refractivity contribution is 7.10. The number of aromatic nitrogens is 1. The van der Waals surface area contributed by atoms with Crippen LogP contribution in [0.5, 0.6) is 0 Å². The van der Waals surface area contributed by atoms with Gasteiger partial charge in [0, 0.05) is 7.05 Å². The van der Waals surface area contributed by atoms with Crippen molar-refractivity contribution < 1.29 is 14.3 Å². The number of nitrogens with zero attached hydrogens (tertiary/aromatic N) is 2. The number of amides is 1. The third-order valence-electron chi connectivity index (χ3n) is 3.72. The highest BCUT2D eigenvalue weighted by atomic mass is 32.1. The lowest BCUT2D eigenvalue weighted by atomic mass is 9.90. The smallest absolute Gasteiger partial charge is 0.343 e. The molecular formula is C15H22N4O3S. The Balaban J connectivity index is 2.81. The Morgan fingerprint density at radius 1 is 1.39 bits per heavy atom. The maximum Gasteiger partial charge on any atom is 0.343 e. The van der Waals surface area contributed by atoms with E-state index in [1.54, 1.807) is 20.9 Å². The first-order valence-corrected chi connectivity index (χ1v) is 8.01. The second-order valence-electron chi connectivity index (χ2n) is 5.73. The lowest BCUT2D eigenvalue weighted by molar-refractivity contribution is -0.130. The fourth-order valence-electron chi connectivity index (χ4n) is 1.71. The molecule has 0 unspecified atom stereocenters. The number of ether oxygens (including phenoxy) is 1. The Bertz CT molecular complexity index is 635. The number of nitrogens with one attached hydrogen (secondary N) is 2. The minimum Gasteiger partial charge on any atom is -0.449 e. The van der Waals surface area contributed by atoms with Crippen molar-refractivity contribution in [2.45, 2.75) is 46.3 Å². The van der Waals surface area contributed by atoms with E-state index in [0.717, 1.165) is 11.5 Å². The Labute approximate surface area is 140 Å². The third-order valence-corrected chi connectivity index (χ3v) is 4.67. The van der Waals surface area contributed by atoms with E-state index >= 15 is 0 Å². The van der Waals surface area contributed by atoms with Gasteiger partial charge in [-0.3, -0.25) is 4.79 Å². The van der Waals surface area contributed by atoms with E-state index in [2.05, 4.69) is 21.1 Å². The summed E-state index contributed by atoms with van der Waals surface area (Å²) in [6, 6.07) is 2.08. The highest BCUT2D eigenvalue weighted by Crippen LogP contribution is 2.25. The molecular weight excluding hydrogens is 316 g/mol. The summed E-state index contributed by atoms with van der Waals surface area (Å²) in [4.78, 5) is 24.4. The van der Waals surface area contributed by atoms with Gasteiger partial charge in [-0.1, -0.05) is 13.8 Å². The number of nitriles is 1. The van der Waals surface area contributed by atoms with Crippen LogP contribution in [0.3, 0.4) is 0 Å². The van der Waals surface area contributed by atoms with Gasteiger partial charge in [-0.05, 0) is 38.2 Å². The Morgan fingerprint density at radius 3 is 2.48 bits per heavy atom. The molecule has 0 radical (unpaired) electrons. The fourth-order valence-corrected chi connectivity index (χ4v) is 2.45. The molecule has 0 spiro atoms. The van der Waals surface area contributed by atoms with E-state index < -0.39 is 23.5 Å². The Kier molecular flexibility index (Phi) is 6.10. The van der Waals surface area contributed by atoms with Gasteiger partial charge < -0.3 is 15.4 Å². The van der Waals surface area contributed by atoms with Crippen molar-refractivity contribution in [1.82, 2.24) is 9.69 Å². The first-order chi connectivity index (χ1) is 10.7. The molecule has 1 aromatic rings. The number of anilines is 1. The average Bonchev–Trinajstić information content (AvgIpc) is 2.87. The van der Waals surface area contributed by atoms with Gasteiger partial charge in [0.05, 0.1) is 11.8 Å². The van der Waals surface area contributed by atoms with E-state index in [9.17, 15) is 14.9 Å². The zero-order valence-electron chi connectivity index (χ0n) is 14.2. The van der Waals surface area contributed by atoms with Crippen molar-refractivity contribution in [2.75, 3.05) is 12.4 Å². The predicted octanol–water partition coefficient (Wildman–Crippen LogP) is 2.09. The van der Waals surface area contributed by atoms with Crippen LogP contribution in [-0.2, 0) is 9.53 Å². The highest BCUT2D eigenvalue weighted by Gasteiger charge is 2.33. The summed E-state index contributed by atoms with van der Waals surface area (Å²) in [6.07, 6.45) is -1.02. The van der Waals surface area contributed by atoms with E-state index in [4.69, 9.17) is 4.74 Å².